The molecule has 0 fully saturated rings. The summed E-state index contributed by atoms with van der Waals surface area (Å²) in [6.45, 7) is 1.74. The van der Waals surface area contributed by atoms with Crippen molar-refractivity contribution in [1.82, 2.24) is 19.5 Å². The number of anilines is 3. The number of primary amides is 1. The molecule has 0 saturated carbocycles. The first kappa shape index (κ1) is 40.3. The largest absolute Gasteiger partial charge is 0.494 e. The molecule has 0 radical (unpaired) electrons. The van der Waals surface area contributed by atoms with E-state index >= 15 is 0 Å². The fraction of sp³-hybridized carbons (Fsp3) is 0.192. The SMILES string of the molecule is CCn1c(O)c(C(N)=O)c(C)c(N=Nc2cc(Nc3nc(N)nc(Cl)n3)c(N=Nc3ccc(S(=O)(=O)CCOS(=O)(=O)O)cc3)cc2S(=O)(=O)O)c1=O. The second-order valence-electron chi connectivity index (χ2n) is 10.3. The van der Waals surface area contributed by atoms with E-state index in [4.69, 9.17) is 27.6 Å². The fourth-order valence-electron chi connectivity index (χ4n) is 4.38. The average molecular weight is 816 g/mol. The molecule has 4 aromatic rings. The molecule has 0 atom stereocenters. The molecule has 0 aliphatic carbocycles. The van der Waals surface area contributed by atoms with E-state index in [9.17, 15) is 44.5 Å². The Hall–Kier alpha value is -5.51. The first-order valence-electron chi connectivity index (χ1n) is 14.2. The number of carbonyl (C=O) groups is 1. The molecule has 4 rings (SSSR count). The predicted molar refractivity (Wildman–Crippen MR) is 184 cm³/mol. The Labute approximate surface area is 304 Å². The number of pyridine rings is 1. The van der Waals surface area contributed by atoms with Crippen molar-refractivity contribution in [1.29, 1.82) is 0 Å². The zero-order valence-corrected chi connectivity index (χ0v) is 30.1. The Bertz CT molecular complexity index is 2540. The average Bonchev–Trinajstić information content (AvgIpc) is 3.02. The normalized spacial score (nSPS) is 12.5. The number of amides is 1. The number of aromatic nitrogens is 4. The molecule has 27 heteroatoms. The number of halogens is 1. The van der Waals surface area contributed by atoms with Crippen molar-refractivity contribution < 1.29 is 48.4 Å². The van der Waals surface area contributed by atoms with E-state index in [1.54, 1.807) is 0 Å². The Morgan fingerprint density at radius 1 is 0.981 bits per heavy atom. The van der Waals surface area contributed by atoms with Crippen molar-refractivity contribution in [2.24, 2.45) is 26.2 Å². The molecule has 53 heavy (non-hydrogen) atoms. The summed E-state index contributed by atoms with van der Waals surface area (Å²) >= 11 is 5.88. The monoisotopic (exact) mass is 815 g/mol. The van der Waals surface area contributed by atoms with Gasteiger partial charge in [-0.3, -0.25) is 23.3 Å². The number of benzene rings is 2. The molecule has 0 saturated heterocycles. The highest BCUT2D eigenvalue weighted by atomic mass is 35.5. The van der Waals surface area contributed by atoms with Crippen LogP contribution in [0.4, 0.5) is 40.3 Å². The molecule has 0 spiro atoms. The second-order valence-corrected chi connectivity index (χ2v) is 15.2. The zero-order valence-electron chi connectivity index (χ0n) is 26.9. The Morgan fingerprint density at radius 3 is 2.19 bits per heavy atom. The van der Waals surface area contributed by atoms with E-state index in [-0.39, 0.29) is 51.2 Å². The Morgan fingerprint density at radius 2 is 1.62 bits per heavy atom. The number of nitrogens with two attached hydrogens (primary N) is 2. The van der Waals surface area contributed by atoms with Gasteiger partial charge in [-0.15, -0.1) is 15.3 Å². The molecular formula is C26H26ClN11O12S3. The zero-order chi connectivity index (χ0) is 39.5. The predicted octanol–water partition coefficient (Wildman–Crippen LogP) is 2.82. The molecule has 282 valence electrons. The van der Waals surface area contributed by atoms with E-state index in [1.807, 2.05) is 0 Å². The summed E-state index contributed by atoms with van der Waals surface area (Å²) in [5.41, 5.74) is 7.85. The maximum absolute atomic E-state index is 13.1. The maximum Gasteiger partial charge on any atom is 0.397 e. The second kappa shape index (κ2) is 15.6. The van der Waals surface area contributed by atoms with Crippen molar-refractivity contribution in [3.05, 3.63) is 63.2 Å². The Balaban J connectivity index is 1.84. The van der Waals surface area contributed by atoms with E-state index < -0.39 is 81.9 Å². The van der Waals surface area contributed by atoms with Crippen molar-refractivity contribution in [2.45, 2.75) is 30.2 Å². The van der Waals surface area contributed by atoms with Gasteiger partial charge in [-0.1, -0.05) is 0 Å². The number of nitrogens with one attached hydrogen (secondary N) is 1. The fourth-order valence-corrected chi connectivity index (χ4v) is 6.66. The van der Waals surface area contributed by atoms with Crippen molar-refractivity contribution in [3.8, 4) is 5.88 Å². The van der Waals surface area contributed by atoms with Crippen LogP contribution in [0.3, 0.4) is 0 Å². The van der Waals surface area contributed by atoms with E-state index in [2.05, 4.69) is 44.9 Å². The number of hydrogen-bond acceptors (Lipinski definition) is 19. The smallest absolute Gasteiger partial charge is 0.397 e. The number of rotatable bonds is 14. The van der Waals surface area contributed by atoms with Gasteiger partial charge >= 0.3 is 10.4 Å². The summed E-state index contributed by atoms with van der Waals surface area (Å²) in [5.74, 6) is -3.25. The molecule has 8 N–H and O–H groups in total. The summed E-state index contributed by atoms with van der Waals surface area (Å²) < 4.78 is 95.2. The van der Waals surface area contributed by atoms with Crippen LogP contribution in [0.2, 0.25) is 5.28 Å². The quantitative estimate of drug-likeness (QED) is 0.0787. The standard InChI is InChI=1S/C26H26ClN11O12S3/c1-3-38-22(40)19(21(28)39)12(2)20(23(38)41)37-36-17-10-15(30-26-32-24(27)31-25(29)33-26)16(11-18(17)52(44,45)46)35-34-13-4-6-14(7-5-13)51(42,43)9-8-50-53(47,48)49/h4-7,10-11,40H,3,8-9H2,1-2H3,(H2,28,39)(H,44,45,46)(H,47,48,49)(H3,29,30,31,32,33). The van der Waals surface area contributed by atoms with Crippen molar-refractivity contribution in [3.63, 3.8) is 0 Å². The number of carbonyl (C=O) groups excluding carboxylic acids is 1. The summed E-state index contributed by atoms with van der Waals surface area (Å²) in [6.07, 6.45) is 0. The first-order valence-corrected chi connectivity index (χ1v) is 19.1. The molecule has 0 aliphatic heterocycles. The van der Waals surface area contributed by atoms with Gasteiger partial charge in [0.1, 0.15) is 21.8 Å². The van der Waals surface area contributed by atoms with Gasteiger partial charge in [-0.05, 0) is 61.8 Å². The van der Waals surface area contributed by atoms with Gasteiger partial charge in [-0.25, -0.2) is 12.6 Å². The van der Waals surface area contributed by atoms with Crippen molar-refractivity contribution >= 4 is 88.2 Å². The molecule has 1 amide bonds. The first-order chi connectivity index (χ1) is 24.6. The number of nitrogens with zero attached hydrogens (tertiary/aromatic N) is 8. The number of azo groups is 2. The van der Waals surface area contributed by atoms with Gasteiger partial charge in [-0.2, -0.15) is 36.9 Å². The highest BCUT2D eigenvalue weighted by Crippen LogP contribution is 2.39. The number of nitrogen functional groups attached to an aromatic ring is 1. The van der Waals surface area contributed by atoms with Crippen LogP contribution in [0.1, 0.15) is 22.8 Å². The molecular weight excluding hydrogens is 790 g/mol. The van der Waals surface area contributed by atoms with Crippen LogP contribution in [-0.2, 0) is 41.1 Å². The van der Waals surface area contributed by atoms with Crippen LogP contribution in [0.15, 0.2) is 71.4 Å². The summed E-state index contributed by atoms with van der Waals surface area (Å²) in [6, 6.07) is 6.34. The van der Waals surface area contributed by atoms with Crippen LogP contribution in [0.25, 0.3) is 0 Å². The molecule has 23 nitrogen and oxygen atoms in total. The lowest BCUT2D eigenvalue weighted by Crippen LogP contribution is -2.25. The molecule has 0 aliphatic rings. The summed E-state index contributed by atoms with van der Waals surface area (Å²) in [7, 11) is -14.1. The maximum atomic E-state index is 13.1. The van der Waals surface area contributed by atoms with E-state index in [0.717, 1.165) is 28.8 Å². The molecule has 2 aromatic carbocycles. The van der Waals surface area contributed by atoms with Gasteiger partial charge in [0.2, 0.25) is 23.1 Å². The van der Waals surface area contributed by atoms with Crippen LogP contribution < -0.4 is 22.3 Å². The van der Waals surface area contributed by atoms with Crippen LogP contribution >= 0.6 is 11.6 Å². The highest BCUT2D eigenvalue weighted by molar-refractivity contribution is 7.91. The number of hydrogen-bond donors (Lipinski definition) is 6. The molecule has 0 unspecified atom stereocenters. The third-order valence-electron chi connectivity index (χ3n) is 6.76. The van der Waals surface area contributed by atoms with Crippen LogP contribution in [0.5, 0.6) is 5.88 Å². The summed E-state index contributed by atoms with van der Waals surface area (Å²) in [5, 5.41) is 28.4. The third kappa shape index (κ3) is 9.88. The number of sulfone groups is 1. The lowest BCUT2D eigenvalue weighted by Gasteiger charge is -2.13. The summed E-state index contributed by atoms with van der Waals surface area (Å²) in [4.78, 5) is 35.3. The lowest BCUT2D eigenvalue weighted by atomic mass is 10.1. The molecule has 2 heterocycles. The minimum atomic E-state index is -5.14. The van der Waals surface area contributed by atoms with Gasteiger partial charge in [0.15, 0.2) is 15.5 Å². The molecule has 0 bridgehead atoms. The lowest BCUT2D eigenvalue weighted by molar-refractivity contribution is 0.0995. The van der Waals surface area contributed by atoms with Gasteiger partial charge in [0.25, 0.3) is 21.6 Å². The van der Waals surface area contributed by atoms with Gasteiger partial charge in [0.05, 0.1) is 28.6 Å². The van der Waals surface area contributed by atoms with E-state index in [0.29, 0.717) is 0 Å². The highest BCUT2D eigenvalue weighted by Gasteiger charge is 2.24. The third-order valence-corrected chi connectivity index (χ3v) is 9.97. The van der Waals surface area contributed by atoms with E-state index in [1.165, 1.54) is 26.0 Å². The van der Waals surface area contributed by atoms with Crippen molar-refractivity contribution in [2.75, 3.05) is 23.4 Å². The van der Waals surface area contributed by atoms with Crippen LogP contribution in [-0.4, -0.2) is 77.3 Å². The minimum absolute atomic E-state index is 0.00831. The Kier molecular flexibility index (Phi) is 11.9. The van der Waals surface area contributed by atoms with Crippen LogP contribution in [0, 0.1) is 6.92 Å². The van der Waals surface area contributed by atoms with Gasteiger partial charge < -0.3 is 21.9 Å². The molecule has 2 aromatic heterocycles. The number of aromatic hydroxyl groups is 1. The van der Waals surface area contributed by atoms with Gasteiger partial charge in [0, 0.05) is 12.1 Å². The minimum Gasteiger partial charge on any atom is -0.494 e. The topological polar surface area (TPSA) is 364 Å².